The average molecular weight is 240 g/mol. The van der Waals surface area contributed by atoms with Crippen LogP contribution in [-0.2, 0) is 9.53 Å². The number of rotatable bonds is 4. The van der Waals surface area contributed by atoms with Crippen molar-refractivity contribution < 1.29 is 28.9 Å². The van der Waals surface area contributed by atoms with Crippen molar-refractivity contribution in [3.8, 4) is 11.5 Å². The van der Waals surface area contributed by atoms with Crippen molar-refractivity contribution in [3.05, 3.63) is 24.3 Å². The Bertz CT molecular complexity index is 397. The number of carboxylic acids is 1. The van der Waals surface area contributed by atoms with E-state index < -0.39 is 18.2 Å². The zero-order valence-corrected chi connectivity index (χ0v) is 9.38. The highest BCUT2D eigenvalue weighted by molar-refractivity contribution is 5.72. The molecule has 1 unspecified atom stereocenters. The SMILES string of the molecule is COC(=O)Oc1ccc(OC(C)C(=O)O)cc1. The second-order valence-corrected chi connectivity index (χ2v) is 3.13. The molecule has 0 heterocycles. The fourth-order valence-electron chi connectivity index (χ4n) is 0.979. The molecule has 1 aromatic carbocycles. The van der Waals surface area contributed by atoms with Gasteiger partial charge in [-0.15, -0.1) is 0 Å². The van der Waals surface area contributed by atoms with Crippen LogP contribution in [0.2, 0.25) is 0 Å². The smallest absolute Gasteiger partial charge is 0.479 e. The Hall–Kier alpha value is -2.24. The molecule has 1 aromatic rings. The zero-order chi connectivity index (χ0) is 12.8. The maximum Gasteiger partial charge on any atom is 0.513 e. The molecular weight excluding hydrogens is 228 g/mol. The second kappa shape index (κ2) is 5.74. The summed E-state index contributed by atoms with van der Waals surface area (Å²) in [5.41, 5.74) is 0. The van der Waals surface area contributed by atoms with Crippen LogP contribution in [0.25, 0.3) is 0 Å². The largest absolute Gasteiger partial charge is 0.513 e. The lowest BCUT2D eigenvalue weighted by Gasteiger charge is -2.10. The van der Waals surface area contributed by atoms with Crippen LogP contribution in [0.4, 0.5) is 4.79 Å². The lowest BCUT2D eigenvalue weighted by Crippen LogP contribution is -2.22. The third-order valence-electron chi connectivity index (χ3n) is 1.85. The van der Waals surface area contributed by atoms with E-state index in [1.54, 1.807) is 0 Å². The number of aliphatic carboxylic acids is 1. The first kappa shape index (κ1) is 12.8. The van der Waals surface area contributed by atoms with Gasteiger partial charge in [0, 0.05) is 0 Å². The Morgan fingerprint density at radius 1 is 1.18 bits per heavy atom. The predicted octanol–water partition coefficient (Wildman–Crippen LogP) is 1.68. The molecule has 17 heavy (non-hydrogen) atoms. The van der Waals surface area contributed by atoms with Gasteiger partial charge in [-0.2, -0.15) is 0 Å². The lowest BCUT2D eigenvalue weighted by atomic mass is 10.3. The summed E-state index contributed by atoms with van der Waals surface area (Å²) in [7, 11) is 1.20. The molecule has 0 saturated carbocycles. The number of hydrogen-bond donors (Lipinski definition) is 1. The lowest BCUT2D eigenvalue weighted by molar-refractivity contribution is -0.144. The van der Waals surface area contributed by atoms with Gasteiger partial charge in [0.05, 0.1) is 7.11 Å². The molecule has 0 aliphatic rings. The van der Waals surface area contributed by atoms with Crippen LogP contribution in [0.3, 0.4) is 0 Å². The molecule has 0 radical (unpaired) electrons. The topological polar surface area (TPSA) is 82.1 Å². The fourth-order valence-corrected chi connectivity index (χ4v) is 0.979. The van der Waals surface area contributed by atoms with Gasteiger partial charge in [0.2, 0.25) is 0 Å². The van der Waals surface area contributed by atoms with Crippen LogP contribution in [0.5, 0.6) is 11.5 Å². The summed E-state index contributed by atoms with van der Waals surface area (Å²) in [5.74, 6) is -0.399. The van der Waals surface area contributed by atoms with Crippen molar-refractivity contribution in [1.29, 1.82) is 0 Å². The van der Waals surface area contributed by atoms with Crippen molar-refractivity contribution in [1.82, 2.24) is 0 Å². The van der Waals surface area contributed by atoms with Crippen molar-refractivity contribution >= 4 is 12.1 Å². The molecule has 1 rings (SSSR count). The van der Waals surface area contributed by atoms with Crippen molar-refractivity contribution in [3.63, 3.8) is 0 Å². The molecule has 6 heteroatoms. The maximum atomic E-state index is 10.8. The normalized spacial score (nSPS) is 11.4. The van der Waals surface area contributed by atoms with E-state index in [-0.39, 0.29) is 5.75 Å². The van der Waals surface area contributed by atoms with E-state index in [1.165, 1.54) is 38.3 Å². The fraction of sp³-hybridized carbons (Fsp3) is 0.273. The molecule has 0 fully saturated rings. The molecular formula is C11H12O6. The highest BCUT2D eigenvalue weighted by Gasteiger charge is 2.12. The standard InChI is InChI=1S/C11H12O6/c1-7(10(12)13)16-8-3-5-9(6-4-8)17-11(14)15-2/h3-7H,1-2H3,(H,12,13). The first-order valence-electron chi connectivity index (χ1n) is 4.78. The number of carbonyl (C=O) groups excluding carboxylic acids is 1. The van der Waals surface area contributed by atoms with E-state index in [0.29, 0.717) is 5.75 Å². The summed E-state index contributed by atoms with van der Waals surface area (Å²) in [4.78, 5) is 21.3. The predicted molar refractivity (Wildman–Crippen MR) is 57.2 cm³/mol. The van der Waals surface area contributed by atoms with Gasteiger partial charge in [0.25, 0.3) is 0 Å². The number of carboxylic acid groups (broad SMARTS) is 1. The number of methoxy groups -OCH3 is 1. The molecule has 0 saturated heterocycles. The molecule has 1 atom stereocenters. The Balaban J connectivity index is 2.62. The molecule has 6 nitrogen and oxygen atoms in total. The molecule has 1 N–H and O–H groups in total. The van der Waals surface area contributed by atoms with Gasteiger partial charge in [-0.3, -0.25) is 0 Å². The van der Waals surface area contributed by atoms with Crippen LogP contribution in [0.1, 0.15) is 6.92 Å². The van der Waals surface area contributed by atoms with E-state index in [9.17, 15) is 9.59 Å². The minimum atomic E-state index is -1.06. The Morgan fingerprint density at radius 2 is 1.71 bits per heavy atom. The summed E-state index contributed by atoms with van der Waals surface area (Å²) in [6.07, 6.45) is -1.76. The molecule has 0 spiro atoms. The Kier molecular flexibility index (Phi) is 4.33. The zero-order valence-electron chi connectivity index (χ0n) is 9.38. The van der Waals surface area contributed by atoms with Gasteiger partial charge < -0.3 is 19.3 Å². The quantitative estimate of drug-likeness (QED) is 0.637. The molecule has 0 amide bonds. The first-order valence-corrected chi connectivity index (χ1v) is 4.78. The van der Waals surface area contributed by atoms with Crippen LogP contribution in [0, 0.1) is 0 Å². The highest BCUT2D eigenvalue weighted by atomic mass is 16.7. The molecule has 92 valence electrons. The third kappa shape index (κ3) is 4.02. The number of benzene rings is 1. The van der Waals surface area contributed by atoms with Crippen molar-refractivity contribution in [2.24, 2.45) is 0 Å². The summed E-state index contributed by atoms with van der Waals surface area (Å²) < 4.78 is 14.1. The summed E-state index contributed by atoms with van der Waals surface area (Å²) in [5, 5.41) is 8.64. The van der Waals surface area contributed by atoms with Gasteiger partial charge in [0.1, 0.15) is 11.5 Å². The van der Waals surface area contributed by atoms with E-state index in [4.69, 9.17) is 14.6 Å². The van der Waals surface area contributed by atoms with Crippen LogP contribution < -0.4 is 9.47 Å². The number of hydrogen-bond acceptors (Lipinski definition) is 5. The van der Waals surface area contributed by atoms with Gasteiger partial charge in [-0.25, -0.2) is 9.59 Å². The second-order valence-electron chi connectivity index (χ2n) is 3.13. The van der Waals surface area contributed by atoms with Crippen LogP contribution in [-0.4, -0.2) is 30.4 Å². The van der Waals surface area contributed by atoms with E-state index in [0.717, 1.165) is 0 Å². The van der Waals surface area contributed by atoms with E-state index in [2.05, 4.69) is 4.74 Å². The number of ether oxygens (including phenoxy) is 3. The van der Waals surface area contributed by atoms with Crippen molar-refractivity contribution in [2.75, 3.05) is 7.11 Å². The van der Waals surface area contributed by atoms with Gasteiger partial charge in [-0.05, 0) is 31.2 Å². The highest BCUT2D eigenvalue weighted by Crippen LogP contribution is 2.18. The molecule has 0 aliphatic carbocycles. The number of carbonyl (C=O) groups is 2. The molecule has 0 bridgehead atoms. The summed E-state index contributed by atoms with van der Waals surface area (Å²) in [6, 6.07) is 5.94. The average Bonchev–Trinajstić information content (AvgIpc) is 2.31. The van der Waals surface area contributed by atoms with E-state index in [1.807, 2.05) is 0 Å². The van der Waals surface area contributed by atoms with Crippen LogP contribution in [0.15, 0.2) is 24.3 Å². The Morgan fingerprint density at radius 3 is 2.18 bits per heavy atom. The van der Waals surface area contributed by atoms with Gasteiger partial charge in [0.15, 0.2) is 6.10 Å². The minimum absolute atomic E-state index is 0.284. The third-order valence-corrected chi connectivity index (χ3v) is 1.85. The monoisotopic (exact) mass is 240 g/mol. The van der Waals surface area contributed by atoms with Crippen molar-refractivity contribution in [2.45, 2.75) is 13.0 Å². The van der Waals surface area contributed by atoms with E-state index >= 15 is 0 Å². The molecule has 0 aliphatic heterocycles. The Labute approximate surface area is 97.7 Å². The maximum absolute atomic E-state index is 10.8. The first-order chi connectivity index (χ1) is 8.02. The minimum Gasteiger partial charge on any atom is -0.479 e. The summed E-state index contributed by atoms with van der Waals surface area (Å²) >= 11 is 0. The van der Waals surface area contributed by atoms with Gasteiger partial charge in [-0.1, -0.05) is 0 Å². The van der Waals surface area contributed by atoms with Crippen LogP contribution >= 0.6 is 0 Å². The molecule has 0 aromatic heterocycles. The summed E-state index contributed by atoms with van der Waals surface area (Å²) in [6.45, 7) is 1.42. The van der Waals surface area contributed by atoms with Gasteiger partial charge >= 0.3 is 12.1 Å².